The van der Waals surface area contributed by atoms with Crippen molar-refractivity contribution in [2.75, 3.05) is 6.61 Å². The van der Waals surface area contributed by atoms with Crippen molar-refractivity contribution in [3.8, 4) is 0 Å². The zero-order chi connectivity index (χ0) is 16.5. The zero-order valence-electron chi connectivity index (χ0n) is 14.4. The summed E-state index contributed by atoms with van der Waals surface area (Å²) in [5.74, 6) is -0.259. The molecule has 4 nitrogen and oxygen atoms in total. The second kappa shape index (κ2) is 4.70. The Labute approximate surface area is 137 Å². The van der Waals surface area contributed by atoms with Crippen molar-refractivity contribution < 1.29 is 19.0 Å². The Morgan fingerprint density at radius 3 is 2.83 bits per heavy atom. The molecule has 2 aliphatic heterocycles. The number of fused-ring (bicyclic) bond motifs is 2. The number of esters is 1. The summed E-state index contributed by atoms with van der Waals surface area (Å²) in [5.41, 5.74) is 0.850. The molecule has 2 bridgehead atoms. The number of rotatable bonds is 2. The second-order valence-corrected chi connectivity index (χ2v) is 8.02. The van der Waals surface area contributed by atoms with Crippen LogP contribution in [0.5, 0.6) is 0 Å². The molecule has 4 heteroatoms. The van der Waals surface area contributed by atoms with Gasteiger partial charge in [-0.1, -0.05) is 31.6 Å². The van der Waals surface area contributed by atoms with Gasteiger partial charge in [0.15, 0.2) is 0 Å². The molecule has 6 atom stereocenters. The van der Waals surface area contributed by atoms with Gasteiger partial charge >= 0.3 is 5.97 Å². The first kappa shape index (κ1) is 15.4. The third-order valence-electron chi connectivity index (χ3n) is 7.09. The number of carbonyl (C=O) groups excluding carboxylic acids is 1. The first-order valence-corrected chi connectivity index (χ1v) is 8.67. The van der Waals surface area contributed by atoms with Gasteiger partial charge in [0, 0.05) is 23.3 Å². The van der Waals surface area contributed by atoms with E-state index in [9.17, 15) is 4.79 Å². The molecular formula is C19H26O4. The van der Waals surface area contributed by atoms with E-state index < -0.39 is 0 Å². The van der Waals surface area contributed by atoms with Gasteiger partial charge in [-0.25, -0.2) is 4.79 Å². The van der Waals surface area contributed by atoms with E-state index in [0.29, 0.717) is 0 Å². The largest absolute Gasteiger partial charge is 0.458 e. The third kappa shape index (κ3) is 1.77. The normalized spacial score (nSPS) is 50.8. The lowest BCUT2D eigenvalue weighted by molar-refractivity contribution is -0.209. The standard InChI is InChI=1S/C19H26O4/c1-5-6-16(20)23-14-10-15-19(11-21-19)18(14,4)17(3)8-7-12(2)9-13(17)22-15/h5-6,9,13-15H,7-8,10-11H2,1-4H3/b6-5-/t13-,14-,15-,17+,18+,19-/m1/s1. The maximum Gasteiger partial charge on any atom is 0.330 e. The van der Waals surface area contributed by atoms with Crippen molar-refractivity contribution in [2.45, 2.75) is 70.9 Å². The second-order valence-electron chi connectivity index (χ2n) is 8.02. The predicted octanol–water partition coefficient (Wildman–Crippen LogP) is 3.17. The van der Waals surface area contributed by atoms with Gasteiger partial charge in [-0.15, -0.1) is 0 Å². The van der Waals surface area contributed by atoms with Crippen molar-refractivity contribution in [1.29, 1.82) is 0 Å². The van der Waals surface area contributed by atoms with Crippen LogP contribution in [0.3, 0.4) is 0 Å². The van der Waals surface area contributed by atoms with E-state index in [1.807, 2.05) is 6.92 Å². The summed E-state index contributed by atoms with van der Waals surface area (Å²) < 4.78 is 18.3. The molecule has 1 saturated carbocycles. The summed E-state index contributed by atoms with van der Waals surface area (Å²) in [4.78, 5) is 12.1. The molecule has 3 fully saturated rings. The lowest BCUT2D eigenvalue weighted by Crippen LogP contribution is -2.63. The molecule has 126 valence electrons. The molecule has 0 N–H and O–H groups in total. The summed E-state index contributed by atoms with van der Waals surface area (Å²) in [5, 5.41) is 0. The monoisotopic (exact) mass is 318 g/mol. The Morgan fingerprint density at radius 1 is 1.43 bits per heavy atom. The van der Waals surface area contributed by atoms with E-state index >= 15 is 0 Å². The van der Waals surface area contributed by atoms with Crippen LogP contribution in [0.2, 0.25) is 0 Å². The average Bonchev–Trinajstić information content (AvgIpc) is 3.26. The summed E-state index contributed by atoms with van der Waals surface area (Å²) in [6, 6.07) is 0. The van der Waals surface area contributed by atoms with Crippen molar-refractivity contribution in [1.82, 2.24) is 0 Å². The lowest BCUT2D eigenvalue weighted by Gasteiger charge is -2.57. The van der Waals surface area contributed by atoms with Crippen LogP contribution >= 0.6 is 0 Å². The van der Waals surface area contributed by atoms with Crippen molar-refractivity contribution >= 4 is 5.97 Å². The molecule has 2 aliphatic carbocycles. The highest BCUT2D eigenvalue weighted by Crippen LogP contribution is 2.71. The van der Waals surface area contributed by atoms with Gasteiger partial charge in [-0.05, 0) is 26.7 Å². The lowest BCUT2D eigenvalue weighted by atomic mass is 9.52. The van der Waals surface area contributed by atoms with Gasteiger partial charge in [0.1, 0.15) is 11.7 Å². The fourth-order valence-corrected chi connectivity index (χ4v) is 5.34. The van der Waals surface area contributed by atoms with Crippen LogP contribution in [-0.2, 0) is 19.0 Å². The Kier molecular flexibility index (Phi) is 3.15. The highest BCUT2D eigenvalue weighted by molar-refractivity contribution is 5.82. The molecule has 0 radical (unpaired) electrons. The smallest absolute Gasteiger partial charge is 0.330 e. The summed E-state index contributed by atoms with van der Waals surface area (Å²) in [6.45, 7) is 9.28. The molecule has 0 aromatic heterocycles. The van der Waals surface area contributed by atoms with Gasteiger partial charge in [0.25, 0.3) is 0 Å². The number of allylic oxidation sites excluding steroid dienone is 2. The molecule has 0 amide bonds. The molecule has 4 aliphatic rings. The van der Waals surface area contributed by atoms with Gasteiger partial charge < -0.3 is 14.2 Å². The van der Waals surface area contributed by atoms with E-state index in [-0.39, 0.29) is 40.7 Å². The maximum absolute atomic E-state index is 12.1. The summed E-state index contributed by atoms with van der Waals surface area (Å²) in [6.07, 6.45) is 8.32. The maximum atomic E-state index is 12.1. The first-order chi connectivity index (χ1) is 10.9. The van der Waals surface area contributed by atoms with E-state index in [1.54, 1.807) is 6.08 Å². The van der Waals surface area contributed by atoms with Gasteiger partial charge in [-0.2, -0.15) is 0 Å². The summed E-state index contributed by atoms with van der Waals surface area (Å²) >= 11 is 0. The minimum atomic E-state index is -0.266. The van der Waals surface area contributed by atoms with Crippen LogP contribution in [0.4, 0.5) is 0 Å². The average molecular weight is 318 g/mol. The molecule has 0 aromatic carbocycles. The number of epoxide rings is 1. The van der Waals surface area contributed by atoms with Crippen LogP contribution < -0.4 is 0 Å². The van der Waals surface area contributed by atoms with Crippen LogP contribution in [0.1, 0.15) is 47.0 Å². The van der Waals surface area contributed by atoms with Crippen LogP contribution in [0, 0.1) is 10.8 Å². The predicted molar refractivity (Wildman–Crippen MR) is 85.9 cm³/mol. The van der Waals surface area contributed by atoms with Crippen LogP contribution in [0.15, 0.2) is 23.8 Å². The van der Waals surface area contributed by atoms with Gasteiger partial charge in [-0.3, -0.25) is 0 Å². The van der Waals surface area contributed by atoms with Crippen molar-refractivity contribution in [3.63, 3.8) is 0 Å². The van der Waals surface area contributed by atoms with E-state index in [2.05, 4.69) is 26.8 Å². The number of hydrogen-bond donors (Lipinski definition) is 0. The number of hydrogen-bond acceptors (Lipinski definition) is 4. The minimum Gasteiger partial charge on any atom is -0.458 e. The molecule has 2 heterocycles. The Hall–Kier alpha value is -1.13. The fourth-order valence-electron chi connectivity index (χ4n) is 5.34. The quantitative estimate of drug-likeness (QED) is 0.340. The van der Waals surface area contributed by atoms with Crippen molar-refractivity contribution in [3.05, 3.63) is 23.8 Å². The van der Waals surface area contributed by atoms with E-state index in [1.165, 1.54) is 11.6 Å². The summed E-state index contributed by atoms with van der Waals surface area (Å²) in [7, 11) is 0. The first-order valence-electron chi connectivity index (χ1n) is 8.67. The molecule has 23 heavy (non-hydrogen) atoms. The molecule has 2 saturated heterocycles. The van der Waals surface area contributed by atoms with Crippen molar-refractivity contribution in [2.24, 2.45) is 10.8 Å². The van der Waals surface area contributed by atoms with Crippen LogP contribution in [0.25, 0.3) is 0 Å². The molecule has 4 rings (SSSR count). The Balaban J connectivity index is 1.75. The Bertz CT molecular complexity index is 602. The van der Waals surface area contributed by atoms with Crippen LogP contribution in [-0.4, -0.2) is 36.5 Å². The highest BCUT2D eigenvalue weighted by Gasteiger charge is 2.81. The number of ether oxygens (including phenoxy) is 3. The zero-order valence-corrected chi connectivity index (χ0v) is 14.4. The molecular weight excluding hydrogens is 292 g/mol. The number of carbonyl (C=O) groups is 1. The fraction of sp³-hybridized carbons (Fsp3) is 0.737. The van der Waals surface area contributed by atoms with Gasteiger partial charge in [0.2, 0.25) is 0 Å². The highest BCUT2D eigenvalue weighted by atomic mass is 16.6. The molecule has 0 unspecified atom stereocenters. The Morgan fingerprint density at radius 2 is 2.17 bits per heavy atom. The van der Waals surface area contributed by atoms with E-state index in [4.69, 9.17) is 14.2 Å². The van der Waals surface area contributed by atoms with Gasteiger partial charge in [0.05, 0.1) is 18.8 Å². The molecule has 0 aromatic rings. The molecule has 1 spiro atoms. The third-order valence-corrected chi connectivity index (χ3v) is 7.09. The minimum absolute atomic E-state index is 0.0242. The topological polar surface area (TPSA) is 48.1 Å². The SMILES string of the molecule is C/C=C\C(=O)O[C@@H]1C[C@H]2O[C@@H]3C=C(C)CC[C@]3(C)[C@@]1(C)[C@@]21CO1. The van der Waals surface area contributed by atoms with E-state index in [0.717, 1.165) is 25.9 Å².